The van der Waals surface area contributed by atoms with Gasteiger partial charge in [0.25, 0.3) is 0 Å². The Balaban J connectivity index is 1.76. The first-order chi connectivity index (χ1) is 20.2. The number of morpholine rings is 1. The Labute approximate surface area is 245 Å². The lowest BCUT2D eigenvalue weighted by Crippen LogP contribution is -2.48. The molecule has 0 aromatic heterocycles. The summed E-state index contributed by atoms with van der Waals surface area (Å²) >= 11 is 0. The molecule has 0 radical (unpaired) electrons. The van der Waals surface area contributed by atoms with Gasteiger partial charge in [0, 0.05) is 24.5 Å². The first-order valence-corrected chi connectivity index (χ1v) is 13.6. The number of carbonyl (C=O) groups is 2. The lowest BCUT2D eigenvalue weighted by Gasteiger charge is -2.38. The summed E-state index contributed by atoms with van der Waals surface area (Å²) in [5, 5.41) is 4.88. The van der Waals surface area contributed by atoms with Crippen LogP contribution in [0.1, 0.15) is 48.1 Å². The number of ether oxygens (including phenoxy) is 1. The van der Waals surface area contributed by atoms with Gasteiger partial charge in [-0.15, -0.1) is 0 Å². The third kappa shape index (κ3) is 8.14. The minimum atomic E-state index is -4.67. The number of rotatable bonds is 8. The van der Waals surface area contributed by atoms with Crippen molar-refractivity contribution in [2.75, 3.05) is 36.9 Å². The molecule has 1 unspecified atom stereocenters. The van der Waals surface area contributed by atoms with Crippen LogP contribution in [0.2, 0.25) is 0 Å². The van der Waals surface area contributed by atoms with Crippen LogP contribution in [0.25, 0.3) is 0 Å². The van der Waals surface area contributed by atoms with E-state index in [1.165, 1.54) is 12.1 Å². The quantitative estimate of drug-likeness (QED) is 0.212. The smallest absolute Gasteiger partial charge is 0.379 e. The maximum Gasteiger partial charge on any atom is 0.416 e. The molecule has 0 spiro atoms. The molecule has 0 saturated carbocycles. The van der Waals surface area contributed by atoms with Gasteiger partial charge in [-0.05, 0) is 53.4 Å². The Bertz CT molecular complexity index is 1350. The van der Waals surface area contributed by atoms with Crippen LogP contribution in [0.4, 0.5) is 37.7 Å². The van der Waals surface area contributed by atoms with Crippen LogP contribution in [-0.4, -0.2) is 43.0 Å². The van der Waals surface area contributed by atoms with Gasteiger partial charge in [-0.2, -0.15) is 26.3 Å². The first kappa shape index (κ1) is 32.0. The first-order valence-electron chi connectivity index (χ1n) is 13.6. The van der Waals surface area contributed by atoms with Crippen molar-refractivity contribution in [2.24, 2.45) is 5.92 Å². The van der Waals surface area contributed by atoms with E-state index in [0.29, 0.717) is 31.9 Å². The Morgan fingerprint density at radius 1 is 0.721 bits per heavy atom. The molecule has 0 aliphatic carbocycles. The van der Waals surface area contributed by atoms with Gasteiger partial charge in [0.1, 0.15) is 5.92 Å². The van der Waals surface area contributed by atoms with E-state index in [-0.39, 0.29) is 17.3 Å². The monoisotopic (exact) mass is 607 g/mol. The molecule has 1 saturated heterocycles. The van der Waals surface area contributed by atoms with Crippen LogP contribution in [0.5, 0.6) is 0 Å². The van der Waals surface area contributed by atoms with Gasteiger partial charge in [0.05, 0.1) is 30.4 Å². The minimum absolute atomic E-state index is 0.187. The van der Waals surface area contributed by atoms with Gasteiger partial charge >= 0.3 is 12.4 Å². The number of hydrogen-bond acceptors (Lipinski definition) is 4. The highest BCUT2D eigenvalue weighted by Crippen LogP contribution is 2.35. The van der Waals surface area contributed by atoms with Crippen molar-refractivity contribution in [3.63, 3.8) is 0 Å². The molecule has 6 nitrogen and oxygen atoms in total. The van der Waals surface area contributed by atoms with Crippen molar-refractivity contribution in [3.05, 3.63) is 95.1 Å². The summed E-state index contributed by atoms with van der Waals surface area (Å²) in [5.74, 6) is -3.23. The fourth-order valence-corrected chi connectivity index (χ4v) is 4.94. The largest absolute Gasteiger partial charge is 0.416 e. The van der Waals surface area contributed by atoms with Crippen LogP contribution in [-0.2, 0) is 26.7 Å². The van der Waals surface area contributed by atoms with Crippen molar-refractivity contribution >= 4 is 23.2 Å². The molecule has 2 amide bonds. The summed E-state index contributed by atoms with van der Waals surface area (Å²) in [5.41, 5.74) is -0.786. The predicted octanol–water partition coefficient (Wildman–Crippen LogP) is 7.11. The lowest BCUT2D eigenvalue weighted by atomic mass is 9.88. The number of benzene rings is 3. The van der Waals surface area contributed by atoms with E-state index >= 15 is 0 Å². The second kappa shape index (κ2) is 13.2. The molecule has 1 heterocycles. The number of hydrogen-bond donors (Lipinski definition) is 2. The van der Waals surface area contributed by atoms with Gasteiger partial charge in [-0.3, -0.25) is 14.5 Å². The van der Waals surface area contributed by atoms with Gasteiger partial charge in [-0.1, -0.05) is 50.2 Å². The average Bonchev–Trinajstić information content (AvgIpc) is 2.95. The van der Waals surface area contributed by atoms with E-state index < -0.39 is 47.3 Å². The average molecular weight is 608 g/mol. The van der Waals surface area contributed by atoms with E-state index in [9.17, 15) is 35.9 Å². The molecule has 3 aromatic carbocycles. The van der Waals surface area contributed by atoms with Crippen LogP contribution in [0, 0.1) is 5.92 Å². The summed E-state index contributed by atoms with van der Waals surface area (Å²) in [6, 6.07) is 14.3. The Hall–Kier alpha value is -3.90. The minimum Gasteiger partial charge on any atom is -0.379 e. The summed E-state index contributed by atoms with van der Waals surface area (Å²) in [6.07, 6.45) is -9.34. The second-order valence-electron chi connectivity index (χ2n) is 10.5. The normalized spacial score (nSPS) is 15.4. The molecule has 0 bridgehead atoms. The molecule has 1 aliphatic rings. The zero-order valence-electron chi connectivity index (χ0n) is 23.4. The molecule has 12 heteroatoms. The van der Waals surface area contributed by atoms with Gasteiger partial charge < -0.3 is 15.4 Å². The van der Waals surface area contributed by atoms with Crippen molar-refractivity contribution in [1.29, 1.82) is 0 Å². The molecular weight excluding hydrogens is 576 g/mol. The van der Waals surface area contributed by atoms with Crippen LogP contribution in [0.15, 0.2) is 72.8 Å². The highest BCUT2D eigenvalue weighted by molar-refractivity contribution is 6.11. The molecular formula is C31H31F6N3O3. The Morgan fingerprint density at radius 2 is 1.16 bits per heavy atom. The highest BCUT2D eigenvalue weighted by atomic mass is 19.4. The number of amides is 2. The van der Waals surface area contributed by atoms with E-state index in [1.807, 2.05) is 30.9 Å². The zero-order valence-corrected chi connectivity index (χ0v) is 23.4. The third-order valence-corrected chi connectivity index (χ3v) is 7.18. The number of carbonyl (C=O) groups excluding carboxylic acids is 2. The van der Waals surface area contributed by atoms with E-state index in [4.69, 9.17) is 4.74 Å². The fraction of sp³-hybridized carbons (Fsp3) is 0.355. The van der Waals surface area contributed by atoms with Gasteiger partial charge in [0.15, 0.2) is 0 Å². The predicted molar refractivity (Wildman–Crippen MR) is 149 cm³/mol. The molecule has 1 fully saturated rings. The number of halogens is 6. The van der Waals surface area contributed by atoms with E-state index in [1.54, 1.807) is 12.1 Å². The van der Waals surface area contributed by atoms with Gasteiger partial charge in [0.2, 0.25) is 11.8 Å². The third-order valence-electron chi connectivity index (χ3n) is 7.18. The fourth-order valence-electron chi connectivity index (χ4n) is 4.94. The molecule has 4 rings (SSSR count). The van der Waals surface area contributed by atoms with Crippen LogP contribution < -0.4 is 10.6 Å². The van der Waals surface area contributed by atoms with Crippen LogP contribution in [0.3, 0.4) is 0 Å². The van der Waals surface area contributed by atoms with Crippen molar-refractivity contribution < 1.29 is 40.7 Å². The van der Waals surface area contributed by atoms with E-state index in [0.717, 1.165) is 42.0 Å². The number of alkyl halides is 6. The van der Waals surface area contributed by atoms with E-state index in [2.05, 4.69) is 10.6 Å². The molecule has 230 valence electrons. The lowest BCUT2D eigenvalue weighted by molar-refractivity contribution is -0.138. The number of nitrogens with one attached hydrogen (secondary N) is 2. The standard InChI is InChI=1S/C31H31F6N3O3/c1-19(2)20-9-11-21(12-10-20)27(40-13-15-43-16-14-40)26(28(41)38-24-7-3-5-22(17-24)30(32,33)34)29(42)39-25-8-4-6-23(18-25)31(35,36)37/h3-12,17-19,26-27H,13-16H2,1-2H3,(H,38,41)(H,39,42). The maximum absolute atomic E-state index is 13.9. The molecule has 1 atom stereocenters. The second-order valence-corrected chi connectivity index (χ2v) is 10.5. The summed E-state index contributed by atoms with van der Waals surface area (Å²) < 4.78 is 85.6. The number of anilines is 2. The topological polar surface area (TPSA) is 70.7 Å². The van der Waals surface area contributed by atoms with Crippen molar-refractivity contribution in [1.82, 2.24) is 4.90 Å². The molecule has 1 aliphatic heterocycles. The summed E-state index contributed by atoms with van der Waals surface area (Å²) in [7, 11) is 0. The van der Waals surface area contributed by atoms with Crippen molar-refractivity contribution in [2.45, 2.75) is 38.2 Å². The number of nitrogens with zero attached hydrogens (tertiary/aromatic N) is 1. The Morgan fingerprint density at radius 3 is 1.58 bits per heavy atom. The SMILES string of the molecule is CC(C)c1ccc(C(C(C(=O)Nc2cccc(C(F)(F)F)c2)C(=O)Nc2cccc(C(F)(F)F)c2)N2CCOCC2)cc1. The summed E-state index contributed by atoms with van der Waals surface area (Å²) in [4.78, 5) is 29.6. The summed E-state index contributed by atoms with van der Waals surface area (Å²) in [6.45, 7) is 5.28. The maximum atomic E-state index is 13.9. The highest BCUT2D eigenvalue weighted by Gasteiger charge is 2.41. The Kier molecular flexibility index (Phi) is 9.81. The van der Waals surface area contributed by atoms with Crippen molar-refractivity contribution in [3.8, 4) is 0 Å². The molecule has 3 aromatic rings. The van der Waals surface area contributed by atoms with Crippen LogP contribution >= 0.6 is 0 Å². The molecule has 43 heavy (non-hydrogen) atoms. The zero-order chi connectivity index (χ0) is 31.4. The molecule has 2 N–H and O–H groups in total. The van der Waals surface area contributed by atoms with Gasteiger partial charge in [-0.25, -0.2) is 0 Å².